The average Bonchev–Trinajstić information content (AvgIpc) is 1.41. The largest absolute Gasteiger partial charge is 0.0685 e. The van der Waals surface area contributed by atoms with Crippen LogP contribution in [0.1, 0.15) is 6.92 Å². The molecule has 0 atom stereocenters. The van der Waals surface area contributed by atoms with Gasteiger partial charge in [0.15, 0.2) is 0 Å². The van der Waals surface area contributed by atoms with Crippen LogP contribution in [0.25, 0.3) is 0 Å². The van der Waals surface area contributed by atoms with E-state index in [1.807, 2.05) is 0 Å². The van der Waals surface area contributed by atoms with Gasteiger partial charge in [-0.1, -0.05) is 13.0 Å². The lowest BCUT2D eigenvalue weighted by Gasteiger charge is -1.75. The zero-order valence-electron chi connectivity index (χ0n) is 3.99. The fourth-order valence-electron chi connectivity index (χ4n) is 0.289. The van der Waals surface area contributed by atoms with Crippen molar-refractivity contribution in [2.45, 2.75) is 13.0 Å². The molecular formula is C2H11Si3. The Labute approximate surface area is 41.0 Å². The van der Waals surface area contributed by atoms with Crippen LogP contribution >= 0.6 is 0 Å². The van der Waals surface area contributed by atoms with Gasteiger partial charge in [-0.3, -0.25) is 0 Å². The van der Waals surface area contributed by atoms with Crippen molar-refractivity contribution in [1.29, 1.82) is 0 Å². The third-order valence-corrected chi connectivity index (χ3v) is 10.4. The summed E-state index contributed by atoms with van der Waals surface area (Å²) in [7, 11) is 3.23. The second-order valence-electron chi connectivity index (χ2n) is 1.11. The standard InChI is InChI=1S/C2H11Si3/c1-2-4-5-3/h4H,2,5H2,1,3H3. The van der Waals surface area contributed by atoms with E-state index in [1.165, 1.54) is 6.04 Å². The molecular weight excluding hydrogens is 108 g/mol. The van der Waals surface area contributed by atoms with Gasteiger partial charge in [-0.05, 0) is 18.3 Å². The first kappa shape index (κ1) is 5.65. The highest BCUT2D eigenvalue weighted by Gasteiger charge is 1.71. The van der Waals surface area contributed by atoms with E-state index in [1.54, 1.807) is 9.76 Å². The molecule has 0 aromatic carbocycles. The summed E-state index contributed by atoms with van der Waals surface area (Å²) in [6.07, 6.45) is 0. The molecule has 0 amide bonds. The minimum Gasteiger partial charge on any atom is -0.0685 e. The van der Waals surface area contributed by atoms with Crippen LogP contribution in [0.4, 0.5) is 0 Å². The zero-order valence-corrected chi connectivity index (χ0v) is 8.56. The molecule has 31 valence electrons. The SMILES string of the molecule is CC[SiH][SiH2][SiH3]. The van der Waals surface area contributed by atoms with Crippen molar-refractivity contribution in [2.75, 3.05) is 0 Å². The predicted molar refractivity (Wildman–Crippen MR) is 36.1 cm³/mol. The topological polar surface area (TPSA) is 0 Å². The van der Waals surface area contributed by atoms with Crippen molar-refractivity contribution in [1.82, 2.24) is 0 Å². The second kappa shape index (κ2) is 4.65. The molecule has 0 bridgehead atoms. The Morgan fingerprint density at radius 3 is 2.60 bits per heavy atom. The molecule has 5 heavy (non-hydrogen) atoms. The van der Waals surface area contributed by atoms with Gasteiger partial charge in [0.05, 0.1) is 0 Å². The van der Waals surface area contributed by atoms with Gasteiger partial charge in [0, 0.05) is 9.04 Å². The maximum absolute atomic E-state index is 2.31. The van der Waals surface area contributed by atoms with Gasteiger partial charge in [-0.15, -0.1) is 0 Å². The minimum absolute atomic E-state index is 0.636. The first-order valence-electron chi connectivity index (χ1n) is 2.23. The van der Waals surface area contributed by atoms with Crippen molar-refractivity contribution in [3.8, 4) is 0 Å². The van der Waals surface area contributed by atoms with Crippen LogP contribution < -0.4 is 0 Å². The van der Waals surface area contributed by atoms with E-state index in [0.717, 1.165) is 9.04 Å². The molecule has 0 aromatic heterocycles. The molecule has 0 saturated carbocycles. The van der Waals surface area contributed by atoms with Gasteiger partial charge < -0.3 is 0 Å². The van der Waals surface area contributed by atoms with E-state index >= 15 is 0 Å². The maximum atomic E-state index is 2.31. The van der Waals surface area contributed by atoms with Crippen molar-refractivity contribution >= 4 is 27.4 Å². The Morgan fingerprint density at radius 2 is 2.60 bits per heavy atom. The van der Waals surface area contributed by atoms with Crippen LogP contribution in [0.5, 0.6) is 0 Å². The molecule has 0 heterocycles. The summed E-state index contributed by atoms with van der Waals surface area (Å²) in [5, 5.41) is 0. The molecule has 0 nitrogen and oxygen atoms in total. The van der Waals surface area contributed by atoms with Gasteiger partial charge in [0.1, 0.15) is 0 Å². The summed E-state index contributed by atoms with van der Waals surface area (Å²) < 4.78 is 0. The van der Waals surface area contributed by atoms with Crippen LogP contribution in [0.15, 0.2) is 0 Å². The lowest BCUT2D eigenvalue weighted by molar-refractivity contribution is 1.47. The van der Waals surface area contributed by atoms with E-state index in [2.05, 4.69) is 6.92 Å². The molecule has 0 rings (SSSR count). The second-order valence-corrected chi connectivity index (χ2v) is 14.8. The first-order chi connectivity index (χ1) is 2.41. The molecule has 0 spiro atoms. The summed E-state index contributed by atoms with van der Waals surface area (Å²) >= 11 is 0. The van der Waals surface area contributed by atoms with E-state index in [-0.39, 0.29) is 0 Å². The van der Waals surface area contributed by atoms with Crippen molar-refractivity contribution < 1.29 is 0 Å². The van der Waals surface area contributed by atoms with Crippen molar-refractivity contribution in [3.63, 3.8) is 0 Å². The molecule has 0 N–H and O–H groups in total. The number of hydrogen-bond donors (Lipinski definition) is 0. The minimum atomic E-state index is 0.636. The summed E-state index contributed by atoms with van der Waals surface area (Å²) in [5.41, 5.74) is 0. The molecule has 0 aliphatic heterocycles. The van der Waals surface area contributed by atoms with E-state index in [9.17, 15) is 0 Å². The van der Waals surface area contributed by atoms with E-state index in [0.29, 0.717) is 8.55 Å². The monoisotopic (exact) mass is 119 g/mol. The quantitative estimate of drug-likeness (QED) is 0.377. The Morgan fingerprint density at radius 1 is 2.00 bits per heavy atom. The highest BCUT2D eigenvalue weighted by atomic mass is 29.5. The Balaban J connectivity index is 2.19. The van der Waals surface area contributed by atoms with Crippen molar-refractivity contribution in [2.24, 2.45) is 0 Å². The van der Waals surface area contributed by atoms with Crippen LogP contribution in [-0.4, -0.2) is 27.4 Å². The number of hydrogen-bond acceptors (Lipinski definition) is 0. The Bertz CT molecular complexity index is 12.4. The molecule has 1 radical (unpaired) electrons. The third-order valence-electron chi connectivity index (χ3n) is 0.577. The van der Waals surface area contributed by atoms with Crippen LogP contribution in [0.3, 0.4) is 0 Å². The molecule has 0 saturated heterocycles. The Hall–Kier alpha value is 0.651. The fraction of sp³-hybridized carbons (Fsp3) is 1.00. The van der Waals surface area contributed by atoms with Crippen LogP contribution in [-0.2, 0) is 0 Å². The molecule has 0 aromatic rings. The average molecular weight is 119 g/mol. The van der Waals surface area contributed by atoms with Gasteiger partial charge in [-0.2, -0.15) is 0 Å². The molecule has 0 aliphatic carbocycles. The van der Waals surface area contributed by atoms with Gasteiger partial charge in [0.2, 0.25) is 0 Å². The summed E-state index contributed by atoms with van der Waals surface area (Å²) in [4.78, 5) is 0. The van der Waals surface area contributed by atoms with Crippen LogP contribution in [0, 0.1) is 0 Å². The zero-order chi connectivity index (χ0) is 4.12. The smallest absolute Gasteiger partial charge is 0.00959 e. The van der Waals surface area contributed by atoms with Gasteiger partial charge >= 0.3 is 0 Å². The first-order valence-corrected chi connectivity index (χ1v) is 12.0. The maximum Gasteiger partial charge on any atom is 0.00959 e. The van der Waals surface area contributed by atoms with Crippen molar-refractivity contribution in [3.05, 3.63) is 0 Å². The highest BCUT2D eigenvalue weighted by Crippen LogP contribution is 1.63. The van der Waals surface area contributed by atoms with Gasteiger partial charge in [0.25, 0.3) is 0 Å². The predicted octanol–water partition coefficient (Wildman–Crippen LogP) is -1.77. The normalized spacial score (nSPS) is 11.4. The third kappa shape index (κ3) is 4.65. The molecule has 0 aliphatic rings. The Kier molecular flexibility index (Phi) is 5.26. The highest BCUT2D eigenvalue weighted by molar-refractivity contribution is 7.23. The summed E-state index contributed by atoms with van der Waals surface area (Å²) in [5.74, 6) is 0. The van der Waals surface area contributed by atoms with Crippen LogP contribution in [0.2, 0.25) is 6.04 Å². The lowest BCUT2D eigenvalue weighted by Crippen LogP contribution is -1.98. The molecule has 3 heteroatoms. The molecule has 0 fully saturated rings. The summed E-state index contributed by atoms with van der Waals surface area (Å²) in [6.45, 7) is 2.31. The van der Waals surface area contributed by atoms with E-state index in [4.69, 9.17) is 0 Å². The fourth-order valence-corrected chi connectivity index (χ4v) is 7.79. The van der Waals surface area contributed by atoms with Gasteiger partial charge in [-0.25, -0.2) is 0 Å². The molecule has 0 unspecified atom stereocenters. The number of rotatable bonds is 2. The van der Waals surface area contributed by atoms with E-state index < -0.39 is 0 Å². The summed E-state index contributed by atoms with van der Waals surface area (Å²) in [6, 6.07) is 1.52. The lowest BCUT2D eigenvalue weighted by atomic mass is 11.0.